The summed E-state index contributed by atoms with van der Waals surface area (Å²) in [5, 5.41) is 8.76. The number of aryl methyl sites for hydroxylation is 1. The third-order valence-corrected chi connectivity index (χ3v) is 4.54. The average molecular weight is 258 g/mol. The first-order valence-electron chi connectivity index (χ1n) is 5.27. The maximum atomic E-state index is 12.2. The fraction of sp³-hybridized carbons (Fsp3) is 0.500. The summed E-state index contributed by atoms with van der Waals surface area (Å²) in [5.74, 6) is -1.13. The smallest absolute Gasteiger partial charge is 0.318 e. The summed E-state index contributed by atoms with van der Waals surface area (Å²) in [6.45, 7) is -0.470. The van der Waals surface area contributed by atoms with Gasteiger partial charge in [0, 0.05) is 25.5 Å². The Hall–Kier alpha value is -1.34. The van der Waals surface area contributed by atoms with E-state index >= 15 is 0 Å². The number of nitrogens with zero attached hydrogens (tertiary/aromatic N) is 2. The van der Waals surface area contributed by atoms with Gasteiger partial charge in [-0.15, -0.1) is 0 Å². The molecule has 94 valence electrons. The highest BCUT2D eigenvalue weighted by Gasteiger charge is 2.39. The van der Waals surface area contributed by atoms with E-state index in [2.05, 4.69) is 0 Å². The van der Waals surface area contributed by atoms with Crippen LogP contribution in [-0.2, 0) is 21.9 Å². The zero-order valence-electron chi connectivity index (χ0n) is 9.41. The molecule has 0 spiro atoms. The topological polar surface area (TPSA) is 79.6 Å². The summed E-state index contributed by atoms with van der Waals surface area (Å²) in [4.78, 5) is 10.9. The van der Waals surface area contributed by atoms with E-state index in [9.17, 15) is 13.2 Å². The molecule has 1 aliphatic rings. The van der Waals surface area contributed by atoms with Gasteiger partial charge in [0.2, 0.25) is 10.0 Å². The number of sulfonamides is 1. The van der Waals surface area contributed by atoms with E-state index in [0.717, 1.165) is 17.1 Å². The summed E-state index contributed by atoms with van der Waals surface area (Å²) in [7, 11) is -1.96. The van der Waals surface area contributed by atoms with E-state index in [1.54, 1.807) is 17.8 Å². The maximum absolute atomic E-state index is 12.2. The largest absolute Gasteiger partial charge is 0.480 e. The Morgan fingerprint density at radius 1 is 1.59 bits per heavy atom. The average Bonchev–Trinajstić information content (AvgIpc) is 2.96. The molecule has 7 heteroatoms. The third kappa shape index (κ3) is 2.50. The summed E-state index contributed by atoms with van der Waals surface area (Å²) in [6, 6.07) is 1.32. The van der Waals surface area contributed by atoms with E-state index in [4.69, 9.17) is 5.11 Å². The maximum Gasteiger partial charge on any atom is 0.318 e. The van der Waals surface area contributed by atoms with E-state index in [1.165, 1.54) is 12.3 Å². The van der Waals surface area contributed by atoms with E-state index in [1.807, 2.05) is 0 Å². The molecule has 17 heavy (non-hydrogen) atoms. The van der Waals surface area contributed by atoms with Gasteiger partial charge in [-0.1, -0.05) is 0 Å². The SMILES string of the molecule is Cn1ccc(S(=O)(=O)N(CC(=O)O)C2CC2)c1. The Morgan fingerprint density at radius 2 is 2.24 bits per heavy atom. The Morgan fingerprint density at radius 3 is 2.65 bits per heavy atom. The lowest BCUT2D eigenvalue weighted by Crippen LogP contribution is -2.37. The zero-order chi connectivity index (χ0) is 12.6. The fourth-order valence-electron chi connectivity index (χ4n) is 1.67. The van der Waals surface area contributed by atoms with Gasteiger partial charge in [-0.3, -0.25) is 4.79 Å². The van der Waals surface area contributed by atoms with Crippen molar-refractivity contribution in [3.05, 3.63) is 18.5 Å². The van der Waals surface area contributed by atoms with E-state index in [0.29, 0.717) is 0 Å². The predicted octanol–water partition coefficient (Wildman–Crippen LogP) is 0.263. The number of carboxylic acid groups (broad SMARTS) is 1. The van der Waals surface area contributed by atoms with E-state index in [-0.39, 0.29) is 10.9 Å². The van der Waals surface area contributed by atoms with Gasteiger partial charge in [-0.2, -0.15) is 4.31 Å². The molecule has 2 rings (SSSR count). The van der Waals surface area contributed by atoms with Crippen molar-refractivity contribution in [1.29, 1.82) is 0 Å². The van der Waals surface area contributed by atoms with Crippen molar-refractivity contribution < 1.29 is 18.3 Å². The van der Waals surface area contributed by atoms with Gasteiger partial charge < -0.3 is 9.67 Å². The quantitative estimate of drug-likeness (QED) is 0.821. The predicted molar refractivity (Wildman–Crippen MR) is 60.0 cm³/mol. The van der Waals surface area contributed by atoms with Crippen LogP contribution in [0.15, 0.2) is 23.4 Å². The van der Waals surface area contributed by atoms with Crippen LogP contribution in [0.5, 0.6) is 0 Å². The van der Waals surface area contributed by atoms with Crippen molar-refractivity contribution in [3.63, 3.8) is 0 Å². The van der Waals surface area contributed by atoms with Crippen LogP contribution in [0.25, 0.3) is 0 Å². The zero-order valence-corrected chi connectivity index (χ0v) is 10.2. The minimum atomic E-state index is -3.68. The second-order valence-electron chi connectivity index (χ2n) is 4.19. The first-order chi connectivity index (χ1) is 7.91. The molecule has 1 aromatic heterocycles. The molecule has 0 unspecified atom stereocenters. The molecule has 0 aromatic carbocycles. The molecule has 0 radical (unpaired) electrons. The number of aromatic nitrogens is 1. The Bertz CT molecular complexity index is 530. The van der Waals surface area contributed by atoms with Gasteiger partial charge in [0.15, 0.2) is 0 Å². The van der Waals surface area contributed by atoms with E-state index < -0.39 is 22.5 Å². The second kappa shape index (κ2) is 4.15. The lowest BCUT2D eigenvalue weighted by atomic mass is 10.6. The van der Waals surface area contributed by atoms with Gasteiger partial charge >= 0.3 is 5.97 Å². The lowest BCUT2D eigenvalue weighted by Gasteiger charge is -2.18. The molecule has 0 amide bonds. The number of carbonyl (C=O) groups is 1. The van der Waals surface area contributed by atoms with Crippen molar-refractivity contribution in [2.45, 2.75) is 23.8 Å². The van der Waals surface area contributed by atoms with Crippen molar-refractivity contribution in [3.8, 4) is 0 Å². The Labute approximate surface area is 99.5 Å². The molecule has 1 heterocycles. The monoisotopic (exact) mass is 258 g/mol. The molecule has 0 aliphatic heterocycles. The molecular weight excluding hydrogens is 244 g/mol. The molecule has 0 atom stereocenters. The van der Waals surface area contributed by atoms with Crippen LogP contribution in [0, 0.1) is 0 Å². The summed E-state index contributed by atoms with van der Waals surface area (Å²) in [6.07, 6.45) is 4.57. The fourth-order valence-corrected chi connectivity index (χ4v) is 3.36. The van der Waals surface area contributed by atoms with Crippen LogP contribution in [0.2, 0.25) is 0 Å². The highest BCUT2D eigenvalue weighted by atomic mass is 32.2. The first-order valence-corrected chi connectivity index (χ1v) is 6.71. The molecule has 0 bridgehead atoms. The molecule has 0 saturated heterocycles. The lowest BCUT2D eigenvalue weighted by molar-refractivity contribution is -0.137. The first kappa shape index (κ1) is 12.1. The molecule has 1 fully saturated rings. The molecule has 1 aliphatic carbocycles. The van der Waals surface area contributed by atoms with Gasteiger partial charge in [-0.05, 0) is 18.9 Å². The van der Waals surface area contributed by atoms with Gasteiger partial charge in [-0.25, -0.2) is 8.42 Å². The summed E-state index contributed by atoms with van der Waals surface area (Å²) in [5.41, 5.74) is 0. The standard InChI is InChI=1S/C10H14N2O4S/c1-11-5-4-9(6-11)17(15,16)12(7-10(13)14)8-2-3-8/h4-6,8H,2-3,7H2,1H3,(H,13,14). The van der Waals surface area contributed by atoms with Crippen LogP contribution < -0.4 is 0 Å². The number of aliphatic carboxylic acids is 1. The molecule has 1 N–H and O–H groups in total. The van der Waals surface area contributed by atoms with Gasteiger partial charge in [0.05, 0.1) is 4.90 Å². The highest BCUT2D eigenvalue weighted by molar-refractivity contribution is 7.89. The van der Waals surface area contributed by atoms with Gasteiger partial charge in [0.25, 0.3) is 0 Å². The van der Waals surface area contributed by atoms with Crippen molar-refractivity contribution in [1.82, 2.24) is 8.87 Å². The molecule has 1 aromatic rings. The van der Waals surface area contributed by atoms with Crippen LogP contribution in [0.3, 0.4) is 0 Å². The normalized spacial score (nSPS) is 16.4. The molecule has 1 saturated carbocycles. The summed E-state index contributed by atoms with van der Waals surface area (Å²) < 4.78 is 27.1. The second-order valence-corrected chi connectivity index (χ2v) is 6.08. The summed E-state index contributed by atoms with van der Waals surface area (Å²) >= 11 is 0. The highest BCUT2D eigenvalue weighted by Crippen LogP contribution is 2.31. The van der Waals surface area contributed by atoms with Crippen molar-refractivity contribution in [2.75, 3.05) is 6.54 Å². The number of carboxylic acids is 1. The third-order valence-electron chi connectivity index (χ3n) is 2.66. The Balaban J connectivity index is 2.31. The number of hydrogen-bond acceptors (Lipinski definition) is 3. The molecular formula is C10H14N2O4S. The number of rotatable bonds is 5. The van der Waals surface area contributed by atoms with Crippen LogP contribution in [0.1, 0.15) is 12.8 Å². The molecule has 6 nitrogen and oxygen atoms in total. The minimum absolute atomic E-state index is 0.146. The van der Waals surface area contributed by atoms with Gasteiger partial charge in [0.1, 0.15) is 6.54 Å². The van der Waals surface area contributed by atoms with Crippen molar-refractivity contribution >= 4 is 16.0 Å². The van der Waals surface area contributed by atoms with Crippen LogP contribution in [-0.4, -0.2) is 41.0 Å². The Kier molecular flexibility index (Phi) is 2.96. The van der Waals surface area contributed by atoms with Crippen molar-refractivity contribution in [2.24, 2.45) is 7.05 Å². The van der Waals surface area contributed by atoms with Crippen LogP contribution >= 0.6 is 0 Å². The van der Waals surface area contributed by atoms with Crippen LogP contribution in [0.4, 0.5) is 0 Å². The minimum Gasteiger partial charge on any atom is -0.480 e. The number of hydrogen-bond donors (Lipinski definition) is 1.